The predicted molar refractivity (Wildman–Crippen MR) is 230 cm³/mol. The number of benzene rings is 4. The van der Waals surface area contributed by atoms with E-state index in [1.165, 1.54) is 0 Å². The van der Waals surface area contributed by atoms with Crippen molar-refractivity contribution in [2.75, 3.05) is 51.0 Å². The van der Waals surface area contributed by atoms with Gasteiger partial charge in [-0.1, -0.05) is 23.2 Å². The third-order valence-electron chi connectivity index (χ3n) is 9.38. The van der Waals surface area contributed by atoms with Crippen LogP contribution in [0.15, 0.2) is 72.8 Å². The van der Waals surface area contributed by atoms with E-state index in [2.05, 4.69) is 16.0 Å². The van der Waals surface area contributed by atoms with Gasteiger partial charge in [-0.2, -0.15) is 0 Å². The molecule has 0 unspecified atom stereocenters. The third kappa shape index (κ3) is 10.2. The highest BCUT2D eigenvalue weighted by Gasteiger charge is 2.30. The highest BCUT2D eigenvalue weighted by molar-refractivity contribution is 6.32. The zero-order valence-corrected chi connectivity index (χ0v) is 34.5. The molecule has 304 valence electrons. The smallest absolute Gasteiger partial charge is 0.408 e. The van der Waals surface area contributed by atoms with Crippen molar-refractivity contribution in [3.63, 3.8) is 0 Å². The SMILES string of the molecule is COc1ccc2nc3cc(Cl)ccc3c(NCCCN(CCCNc3c4ccc(Cl)cc4nc4ccc(OC)cc34)C(=O)[C@H](CC(=O)O)NC(=O)OC(C)(C)C)c2c1. The molecule has 0 radical (unpaired) electrons. The fourth-order valence-corrected chi connectivity index (χ4v) is 7.10. The van der Waals surface area contributed by atoms with Crippen LogP contribution in [0, 0.1) is 0 Å². The molecule has 0 saturated heterocycles. The molecule has 0 bridgehead atoms. The first-order valence-electron chi connectivity index (χ1n) is 18.8. The van der Waals surface area contributed by atoms with Crippen LogP contribution in [0.2, 0.25) is 10.0 Å². The van der Waals surface area contributed by atoms with E-state index < -0.39 is 36.0 Å². The Morgan fingerprint density at radius 2 is 1.19 bits per heavy atom. The van der Waals surface area contributed by atoms with Gasteiger partial charge in [0.15, 0.2) is 0 Å². The van der Waals surface area contributed by atoms with Gasteiger partial charge in [0, 0.05) is 57.8 Å². The highest BCUT2D eigenvalue weighted by Crippen LogP contribution is 2.36. The number of nitrogens with one attached hydrogen (secondary N) is 3. The van der Waals surface area contributed by atoms with Crippen molar-refractivity contribution in [2.24, 2.45) is 0 Å². The van der Waals surface area contributed by atoms with Crippen LogP contribution in [0.3, 0.4) is 0 Å². The lowest BCUT2D eigenvalue weighted by atomic mass is 10.1. The maximum absolute atomic E-state index is 14.2. The monoisotopic (exact) mass is 828 g/mol. The van der Waals surface area contributed by atoms with Crippen LogP contribution in [0.1, 0.15) is 40.0 Å². The molecule has 0 spiro atoms. The molecular formula is C43H46Cl2N6O7. The molecule has 2 aromatic heterocycles. The zero-order valence-electron chi connectivity index (χ0n) is 32.9. The molecule has 0 aliphatic heterocycles. The summed E-state index contributed by atoms with van der Waals surface area (Å²) >= 11 is 12.7. The predicted octanol–water partition coefficient (Wildman–Crippen LogP) is 8.91. The maximum atomic E-state index is 14.2. The Kier molecular flexibility index (Phi) is 13.1. The summed E-state index contributed by atoms with van der Waals surface area (Å²) in [5.41, 5.74) is 3.76. The summed E-state index contributed by atoms with van der Waals surface area (Å²) in [4.78, 5) is 50.2. The molecule has 58 heavy (non-hydrogen) atoms. The zero-order chi connectivity index (χ0) is 41.6. The molecule has 0 aliphatic rings. The number of aliphatic carboxylic acids is 1. The Hall–Kier alpha value is -5.79. The molecule has 0 aliphatic carbocycles. The van der Waals surface area contributed by atoms with Gasteiger partial charge in [0.05, 0.1) is 54.1 Å². The lowest BCUT2D eigenvalue weighted by Crippen LogP contribution is -2.51. The number of methoxy groups -OCH3 is 2. The van der Waals surface area contributed by atoms with Crippen LogP contribution in [0.5, 0.6) is 11.5 Å². The van der Waals surface area contributed by atoms with E-state index in [4.69, 9.17) is 47.4 Å². The molecule has 1 atom stereocenters. The number of ether oxygens (including phenoxy) is 3. The first-order valence-corrected chi connectivity index (χ1v) is 19.6. The molecule has 0 fully saturated rings. The summed E-state index contributed by atoms with van der Waals surface area (Å²) in [6.07, 6.45) is -0.540. The van der Waals surface area contributed by atoms with Crippen LogP contribution >= 0.6 is 23.2 Å². The number of amides is 2. The number of fused-ring (bicyclic) bond motifs is 4. The minimum absolute atomic E-state index is 0.255. The molecule has 4 N–H and O–H groups in total. The fraction of sp³-hybridized carbons (Fsp3) is 0.326. The minimum atomic E-state index is -1.36. The van der Waals surface area contributed by atoms with Gasteiger partial charge in [-0.3, -0.25) is 9.59 Å². The van der Waals surface area contributed by atoms with E-state index >= 15 is 0 Å². The van der Waals surface area contributed by atoms with E-state index in [1.807, 2.05) is 60.7 Å². The van der Waals surface area contributed by atoms with Crippen LogP contribution < -0.4 is 25.4 Å². The topological polar surface area (TPSA) is 164 Å². The lowest BCUT2D eigenvalue weighted by molar-refractivity contribution is -0.142. The van der Waals surface area contributed by atoms with Gasteiger partial charge >= 0.3 is 12.1 Å². The normalized spacial score (nSPS) is 12.1. The number of aromatic nitrogens is 2. The number of carbonyl (C=O) groups is 3. The van der Waals surface area contributed by atoms with E-state index in [0.717, 1.165) is 55.0 Å². The largest absolute Gasteiger partial charge is 0.497 e. The molecule has 4 aromatic carbocycles. The summed E-state index contributed by atoms with van der Waals surface area (Å²) in [7, 11) is 3.21. The number of anilines is 2. The number of nitrogens with zero attached hydrogens (tertiary/aromatic N) is 3. The Morgan fingerprint density at radius 3 is 1.62 bits per heavy atom. The Morgan fingerprint density at radius 1 is 0.707 bits per heavy atom. The Labute approximate surface area is 345 Å². The van der Waals surface area contributed by atoms with Gasteiger partial charge in [0.25, 0.3) is 0 Å². The van der Waals surface area contributed by atoms with E-state index in [9.17, 15) is 19.5 Å². The molecule has 6 rings (SSSR count). The standard InChI is InChI=1S/C43H46Cl2N6O7/c1-43(2,3)58-42(55)50-37(24-38(52)53)41(54)51(18-6-16-46-39-29-12-8-25(44)20-35(29)48-33-14-10-27(56-4)22-31(33)39)19-7-17-47-40-30-13-9-26(45)21-36(30)49-34-15-11-28(57-5)23-32(34)40/h8-15,20-23,37H,6-7,16-19,24H2,1-5H3,(H,46,48)(H,47,49)(H,50,55)(H,52,53)/t37-/m0/s1. The Bertz CT molecular complexity index is 2350. The van der Waals surface area contributed by atoms with Gasteiger partial charge in [-0.15, -0.1) is 0 Å². The number of alkyl carbamates (subject to hydrolysis) is 1. The van der Waals surface area contributed by atoms with Crippen LogP contribution in [-0.2, 0) is 14.3 Å². The van der Waals surface area contributed by atoms with Crippen molar-refractivity contribution in [1.82, 2.24) is 20.2 Å². The number of carboxylic acid groups (broad SMARTS) is 1. The first-order chi connectivity index (χ1) is 27.7. The second-order valence-electron chi connectivity index (χ2n) is 14.7. The number of pyridine rings is 2. The summed E-state index contributed by atoms with van der Waals surface area (Å²) < 4.78 is 16.4. The van der Waals surface area contributed by atoms with Crippen molar-refractivity contribution in [3.8, 4) is 11.5 Å². The summed E-state index contributed by atoms with van der Waals surface area (Å²) in [5, 5.41) is 23.9. The quantitative estimate of drug-likeness (QED) is 0.0544. The van der Waals surface area contributed by atoms with Gasteiger partial charge in [0.2, 0.25) is 5.91 Å². The third-order valence-corrected chi connectivity index (χ3v) is 9.85. The van der Waals surface area contributed by atoms with Crippen molar-refractivity contribution in [2.45, 2.75) is 51.7 Å². The van der Waals surface area contributed by atoms with E-state index in [0.29, 0.717) is 47.5 Å². The fourth-order valence-electron chi connectivity index (χ4n) is 6.77. The average Bonchev–Trinajstić information content (AvgIpc) is 3.17. The van der Waals surface area contributed by atoms with Crippen molar-refractivity contribution in [3.05, 3.63) is 82.8 Å². The van der Waals surface area contributed by atoms with Crippen molar-refractivity contribution < 1.29 is 33.7 Å². The number of carboxylic acids is 1. The van der Waals surface area contributed by atoms with Crippen molar-refractivity contribution >= 4 is 96.2 Å². The van der Waals surface area contributed by atoms with Gasteiger partial charge in [-0.25, -0.2) is 14.8 Å². The van der Waals surface area contributed by atoms with Gasteiger partial charge in [-0.05, 0) is 106 Å². The molecule has 13 nitrogen and oxygen atoms in total. The summed E-state index contributed by atoms with van der Waals surface area (Å²) in [6, 6.07) is 21.0. The molecular weight excluding hydrogens is 783 g/mol. The second kappa shape index (κ2) is 18.2. The maximum Gasteiger partial charge on any atom is 0.408 e. The van der Waals surface area contributed by atoms with Crippen molar-refractivity contribution in [1.29, 1.82) is 0 Å². The molecule has 6 aromatic rings. The number of halogens is 2. The molecule has 2 amide bonds. The van der Waals surface area contributed by atoms with Gasteiger partial charge in [0.1, 0.15) is 23.1 Å². The lowest BCUT2D eigenvalue weighted by Gasteiger charge is -2.29. The number of hydrogen-bond acceptors (Lipinski definition) is 10. The van der Waals surface area contributed by atoms with E-state index in [1.54, 1.807) is 52.0 Å². The second-order valence-corrected chi connectivity index (χ2v) is 15.6. The molecule has 15 heteroatoms. The highest BCUT2D eigenvalue weighted by atomic mass is 35.5. The Balaban J connectivity index is 1.24. The number of rotatable bonds is 16. The van der Waals surface area contributed by atoms with Crippen LogP contribution in [-0.4, -0.2) is 90.0 Å². The summed E-state index contributed by atoms with van der Waals surface area (Å²) in [6.45, 7) is 6.46. The first kappa shape index (κ1) is 41.8. The number of hydrogen-bond donors (Lipinski definition) is 4. The average molecular weight is 830 g/mol. The van der Waals surface area contributed by atoms with Crippen LogP contribution in [0.25, 0.3) is 43.6 Å². The molecule has 0 saturated carbocycles. The minimum Gasteiger partial charge on any atom is -0.497 e. The number of carbonyl (C=O) groups excluding carboxylic acids is 2. The van der Waals surface area contributed by atoms with E-state index in [-0.39, 0.29) is 13.1 Å². The summed E-state index contributed by atoms with van der Waals surface area (Å²) in [5.74, 6) is -0.425. The van der Waals surface area contributed by atoms with Gasteiger partial charge < -0.3 is 40.2 Å². The van der Waals surface area contributed by atoms with Crippen LogP contribution in [0.4, 0.5) is 16.2 Å². The molecule has 2 heterocycles.